The normalized spacial score (nSPS) is 9.79. The van der Waals surface area contributed by atoms with Crippen molar-refractivity contribution in [1.29, 1.82) is 0 Å². The molecular weight excluding hydrogens is 174 g/mol. The van der Waals surface area contributed by atoms with Crippen molar-refractivity contribution < 1.29 is 0 Å². The summed E-state index contributed by atoms with van der Waals surface area (Å²) in [6.07, 6.45) is 4.37. The molecule has 2 aromatic heterocycles. The minimum atomic E-state index is 0.605. The third-order valence-corrected chi connectivity index (χ3v) is 1.94. The number of aromatic nitrogens is 2. The molecule has 0 fully saturated rings. The highest BCUT2D eigenvalue weighted by Gasteiger charge is 1.99. The number of fused-ring (bicyclic) bond motifs is 1. The topological polar surface area (TPSA) is 54.7 Å². The maximum absolute atomic E-state index is 5.36. The van der Waals surface area contributed by atoms with E-state index >= 15 is 0 Å². The Morgan fingerprint density at radius 2 is 2.43 bits per heavy atom. The van der Waals surface area contributed by atoms with Gasteiger partial charge >= 0.3 is 0 Å². The Balaban J connectivity index is 2.40. The number of nitrogens with two attached hydrogens (primary N) is 1. The van der Waals surface area contributed by atoms with Gasteiger partial charge in [0.05, 0.1) is 5.56 Å². The second-order valence-electron chi connectivity index (χ2n) is 2.94. The van der Waals surface area contributed by atoms with E-state index in [1.54, 1.807) is 6.20 Å². The summed E-state index contributed by atoms with van der Waals surface area (Å²) in [6, 6.07) is 3.91. The van der Waals surface area contributed by atoms with Crippen LogP contribution in [0.3, 0.4) is 0 Å². The molecule has 3 N–H and O–H groups in total. The van der Waals surface area contributed by atoms with Crippen LogP contribution in [-0.4, -0.2) is 16.5 Å². The lowest BCUT2D eigenvalue weighted by Crippen LogP contribution is -1.95. The van der Waals surface area contributed by atoms with Gasteiger partial charge in [-0.05, 0) is 12.1 Å². The van der Waals surface area contributed by atoms with Crippen LogP contribution in [0.5, 0.6) is 0 Å². The Labute approximate surface area is 82.3 Å². The van der Waals surface area contributed by atoms with Gasteiger partial charge in [0.2, 0.25) is 0 Å². The SMILES string of the molecule is NCCC#Cc1c[nH]c2ncccc12. The molecule has 0 aliphatic carbocycles. The van der Waals surface area contributed by atoms with E-state index in [0.29, 0.717) is 6.54 Å². The monoisotopic (exact) mass is 185 g/mol. The molecule has 3 nitrogen and oxygen atoms in total. The minimum Gasteiger partial charge on any atom is -0.345 e. The molecule has 0 spiro atoms. The van der Waals surface area contributed by atoms with Crippen molar-refractivity contribution in [3.05, 3.63) is 30.1 Å². The maximum Gasteiger partial charge on any atom is 0.138 e. The number of H-pyrrole nitrogens is 1. The van der Waals surface area contributed by atoms with Crippen LogP contribution in [0.15, 0.2) is 24.5 Å². The molecule has 0 atom stereocenters. The number of hydrogen-bond acceptors (Lipinski definition) is 2. The summed E-state index contributed by atoms with van der Waals surface area (Å²) >= 11 is 0. The fraction of sp³-hybridized carbons (Fsp3) is 0.182. The third kappa shape index (κ3) is 1.61. The second-order valence-corrected chi connectivity index (χ2v) is 2.94. The zero-order chi connectivity index (χ0) is 9.80. The molecule has 0 bridgehead atoms. The number of hydrogen-bond donors (Lipinski definition) is 2. The van der Waals surface area contributed by atoms with E-state index in [0.717, 1.165) is 23.0 Å². The molecule has 0 saturated carbocycles. The first kappa shape index (κ1) is 8.79. The average Bonchev–Trinajstić information content (AvgIpc) is 2.63. The maximum atomic E-state index is 5.36. The van der Waals surface area contributed by atoms with E-state index in [1.807, 2.05) is 18.3 Å². The van der Waals surface area contributed by atoms with E-state index in [4.69, 9.17) is 5.73 Å². The van der Waals surface area contributed by atoms with Crippen molar-refractivity contribution in [2.45, 2.75) is 6.42 Å². The zero-order valence-corrected chi connectivity index (χ0v) is 7.75. The fourth-order valence-electron chi connectivity index (χ4n) is 1.29. The van der Waals surface area contributed by atoms with Crippen molar-refractivity contribution >= 4 is 11.0 Å². The average molecular weight is 185 g/mol. The van der Waals surface area contributed by atoms with E-state index < -0.39 is 0 Å². The molecule has 0 aromatic carbocycles. The smallest absolute Gasteiger partial charge is 0.138 e. The third-order valence-electron chi connectivity index (χ3n) is 1.94. The van der Waals surface area contributed by atoms with Crippen LogP contribution in [0.2, 0.25) is 0 Å². The van der Waals surface area contributed by atoms with Crippen LogP contribution < -0.4 is 5.73 Å². The minimum absolute atomic E-state index is 0.605. The van der Waals surface area contributed by atoms with Gasteiger partial charge in [0.25, 0.3) is 0 Å². The van der Waals surface area contributed by atoms with Gasteiger partial charge in [0.15, 0.2) is 0 Å². The summed E-state index contributed by atoms with van der Waals surface area (Å²) in [5.74, 6) is 6.07. The van der Waals surface area contributed by atoms with E-state index in [2.05, 4.69) is 21.8 Å². The first-order valence-electron chi connectivity index (χ1n) is 4.53. The van der Waals surface area contributed by atoms with Gasteiger partial charge in [-0.3, -0.25) is 0 Å². The van der Waals surface area contributed by atoms with Crippen LogP contribution in [0.4, 0.5) is 0 Å². The Kier molecular flexibility index (Phi) is 2.48. The lowest BCUT2D eigenvalue weighted by molar-refractivity contribution is 1.03. The van der Waals surface area contributed by atoms with E-state index in [1.165, 1.54) is 0 Å². The lowest BCUT2D eigenvalue weighted by Gasteiger charge is -1.87. The summed E-state index contributed by atoms with van der Waals surface area (Å²) in [5, 5.41) is 1.07. The first-order valence-corrected chi connectivity index (χ1v) is 4.53. The number of rotatable bonds is 1. The molecule has 3 heteroatoms. The zero-order valence-electron chi connectivity index (χ0n) is 7.75. The van der Waals surface area contributed by atoms with E-state index in [9.17, 15) is 0 Å². The molecule has 0 saturated heterocycles. The van der Waals surface area contributed by atoms with Crippen LogP contribution in [0.25, 0.3) is 11.0 Å². The van der Waals surface area contributed by atoms with Gasteiger partial charge in [-0.15, -0.1) is 0 Å². The Hall–Kier alpha value is -1.79. The molecule has 14 heavy (non-hydrogen) atoms. The van der Waals surface area contributed by atoms with Crippen molar-refractivity contribution in [1.82, 2.24) is 9.97 Å². The predicted molar refractivity (Wildman–Crippen MR) is 56.6 cm³/mol. The number of aromatic amines is 1. The highest BCUT2D eigenvalue weighted by atomic mass is 14.8. The van der Waals surface area contributed by atoms with Crippen LogP contribution in [0.1, 0.15) is 12.0 Å². The van der Waals surface area contributed by atoms with Gasteiger partial charge in [0, 0.05) is 30.7 Å². The molecule has 0 aliphatic rings. The molecule has 0 radical (unpaired) electrons. The second kappa shape index (κ2) is 3.95. The molecule has 2 heterocycles. The summed E-state index contributed by atoms with van der Waals surface area (Å²) in [6.45, 7) is 0.605. The van der Waals surface area contributed by atoms with E-state index in [-0.39, 0.29) is 0 Å². The number of nitrogens with one attached hydrogen (secondary N) is 1. The van der Waals surface area contributed by atoms with Crippen molar-refractivity contribution in [3.8, 4) is 11.8 Å². The summed E-state index contributed by atoms with van der Waals surface area (Å²) < 4.78 is 0. The molecule has 70 valence electrons. The molecule has 0 unspecified atom stereocenters. The van der Waals surface area contributed by atoms with Gasteiger partial charge < -0.3 is 10.7 Å². The van der Waals surface area contributed by atoms with Gasteiger partial charge in [-0.25, -0.2) is 4.98 Å². The number of pyridine rings is 1. The first-order chi connectivity index (χ1) is 6.92. The van der Waals surface area contributed by atoms with Crippen LogP contribution >= 0.6 is 0 Å². The number of nitrogens with zero attached hydrogens (tertiary/aromatic N) is 1. The standard InChI is InChI=1S/C11H11N3/c12-6-2-1-4-9-8-14-11-10(9)5-3-7-13-11/h3,5,7-8H,2,6,12H2,(H,13,14). The molecule has 2 aromatic rings. The highest BCUT2D eigenvalue weighted by Crippen LogP contribution is 2.13. The van der Waals surface area contributed by atoms with Gasteiger partial charge in [-0.1, -0.05) is 11.8 Å². The van der Waals surface area contributed by atoms with Crippen molar-refractivity contribution in [3.63, 3.8) is 0 Å². The van der Waals surface area contributed by atoms with Crippen molar-refractivity contribution in [2.75, 3.05) is 6.54 Å². The Bertz CT molecular complexity index is 488. The quantitative estimate of drug-likeness (QED) is 0.657. The van der Waals surface area contributed by atoms with Gasteiger partial charge in [0.1, 0.15) is 5.65 Å². The van der Waals surface area contributed by atoms with Crippen LogP contribution in [0, 0.1) is 11.8 Å². The molecule has 0 amide bonds. The van der Waals surface area contributed by atoms with Crippen molar-refractivity contribution in [2.24, 2.45) is 5.73 Å². The molecular formula is C11H11N3. The lowest BCUT2D eigenvalue weighted by atomic mass is 10.2. The summed E-state index contributed by atoms with van der Waals surface area (Å²) in [5.41, 5.74) is 7.22. The Morgan fingerprint density at radius 1 is 1.50 bits per heavy atom. The molecule has 0 aliphatic heterocycles. The largest absolute Gasteiger partial charge is 0.345 e. The Morgan fingerprint density at radius 3 is 3.29 bits per heavy atom. The van der Waals surface area contributed by atoms with Crippen LogP contribution in [-0.2, 0) is 0 Å². The predicted octanol–water partition coefficient (Wildman–Crippen LogP) is 1.26. The van der Waals surface area contributed by atoms with Gasteiger partial charge in [-0.2, -0.15) is 0 Å². The highest BCUT2D eigenvalue weighted by molar-refractivity contribution is 5.82. The summed E-state index contributed by atoms with van der Waals surface area (Å²) in [7, 11) is 0. The fourth-order valence-corrected chi connectivity index (χ4v) is 1.29. The molecule has 2 rings (SSSR count). The summed E-state index contributed by atoms with van der Waals surface area (Å²) in [4.78, 5) is 7.25.